The van der Waals surface area contributed by atoms with Crippen LogP contribution in [0.4, 0.5) is 5.69 Å². The number of nitrogens with zero attached hydrogens (tertiary/aromatic N) is 3. The van der Waals surface area contributed by atoms with Gasteiger partial charge in [0, 0.05) is 18.1 Å². The molecule has 0 bridgehead atoms. The second kappa shape index (κ2) is 4.14. The Bertz CT molecular complexity index is 519. The molecule has 0 aromatic carbocycles. The highest BCUT2D eigenvalue weighted by molar-refractivity contribution is 6.30. The number of nitrogens with two attached hydrogens (primary N) is 1. The molecule has 2 N–H and O–H groups in total. The minimum Gasteiger partial charge on any atom is -0.398 e. The molecule has 84 valence electrons. The smallest absolute Gasteiger partial charge is 0.0835 e. The maximum absolute atomic E-state index is 5.95. The summed E-state index contributed by atoms with van der Waals surface area (Å²) in [6.07, 6.45) is 5.15. The van der Waals surface area contributed by atoms with Gasteiger partial charge in [-0.2, -0.15) is 5.10 Å². The fraction of sp³-hybridized carbons (Fsp3) is 0.273. The molecular weight excluding hydrogens is 224 g/mol. The van der Waals surface area contributed by atoms with Crippen molar-refractivity contribution in [1.29, 1.82) is 0 Å². The average Bonchev–Trinajstić information content (AvgIpc) is 2.65. The van der Waals surface area contributed by atoms with E-state index in [1.807, 2.05) is 13.8 Å². The summed E-state index contributed by atoms with van der Waals surface area (Å²) in [5.74, 6) is 0. The van der Waals surface area contributed by atoms with E-state index in [0.717, 1.165) is 22.5 Å². The maximum Gasteiger partial charge on any atom is 0.0835 e. The zero-order valence-corrected chi connectivity index (χ0v) is 9.99. The molecule has 0 spiro atoms. The standard InChI is InChI=1S/C11H13ClN4/c1-7-3-14-10(8(2)11(7)13)6-16-5-9(12)4-15-16/h3-5H,6H2,1-2H3,(H2,13,14). The number of hydrogen-bond donors (Lipinski definition) is 1. The van der Waals surface area contributed by atoms with Crippen LogP contribution in [0.5, 0.6) is 0 Å². The quantitative estimate of drug-likeness (QED) is 0.870. The number of hydrogen-bond acceptors (Lipinski definition) is 3. The third-order valence-electron chi connectivity index (χ3n) is 2.59. The molecule has 2 rings (SSSR count). The molecule has 2 aromatic heterocycles. The summed E-state index contributed by atoms with van der Waals surface area (Å²) in [5.41, 5.74) is 9.67. The minimum absolute atomic E-state index is 0.586. The van der Waals surface area contributed by atoms with Crippen LogP contribution in [0.15, 0.2) is 18.6 Å². The Balaban J connectivity index is 2.32. The zero-order chi connectivity index (χ0) is 11.7. The lowest BCUT2D eigenvalue weighted by atomic mass is 10.1. The first-order valence-electron chi connectivity index (χ1n) is 4.96. The number of aromatic nitrogens is 3. The topological polar surface area (TPSA) is 56.7 Å². The molecule has 0 aliphatic heterocycles. The van der Waals surface area contributed by atoms with Crippen molar-refractivity contribution in [3.05, 3.63) is 40.4 Å². The molecule has 4 nitrogen and oxygen atoms in total. The second-order valence-electron chi connectivity index (χ2n) is 3.78. The summed E-state index contributed by atoms with van der Waals surface area (Å²) >= 11 is 5.79. The molecule has 5 heteroatoms. The van der Waals surface area contributed by atoms with Gasteiger partial charge in [-0.05, 0) is 25.0 Å². The van der Waals surface area contributed by atoms with Gasteiger partial charge in [0.2, 0.25) is 0 Å². The Morgan fingerprint density at radius 1 is 1.38 bits per heavy atom. The molecule has 0 aliphatic rings. The predicted octanol–water partition coefficient (Wildman–Crippen LogP) is 2.18. The van der Waals surface area contributed by atoms with Crippen molar-refractivity contribution < 1.29 is 0 Å². The van der Waals surface area contributed by atoms with Gasteiger partial charge in [-0.15, -0.1) is 0 Å². The normalized spacial score (nSPS) is 10.7. The number of nitrogen functional groups attached to an aromatic ring is 1. The first-order chi connectivity index (χ1) is 7.58. The molecule has 0 saturated heterocycles. The summed E-state index contributed by atoms with van der Waals surface area (Å²) in [7, 11) is 0. The molecule has 0 unspecified atom stereocenters. The molecule has 0 radical (unpaired) electrons. The van der Waals surface area contributed by atoms with Crippen molar-refractivity contribution in [2.45, 2.75) is 20.4 Å². The molecule has 0 saturated carbocycles. The van der Waals surface area contributed by atoms with E-state index >= 15 is 0 Å². The van der Waals surface area contributed by atoms with Crippen LogP contribution in [0.2, 0.25) is 5.02 Å². The van der Waals surface area contributed by atoms with E-state index in [-0.39, 0.29) is 0 Å². The van der Waals surface area contributed by atoms with Gasteiger partial charge >= 0.3 is 0 Å². The second-order valence-corrected chi connectivity index (χ2v) is 4.22. The molecule has 2 heterocycles. The monoisotopic (exact) mass is 236 g/mol. The van der Waals surface area contributed by atoms with E-state index < -0.39 is 0 Å². The van der Waals surface area contributed by atoms with E-state index in [9.17, 15) is 0 Å². The van der Waals surface area contributed by atoms with Gasteiger partial charge in [-0.3, -0.25) is 9.67 Å². The van der Waals surface area contributed by atoms with Crippen molar-refractivity contribution in [1.82, 2.24) is 14.8 Å². The SMILES string of the molecule is Cc1cnc(Cn2cc(Cl)cn2)c(C)c1N. The lowest BCUT2D eigenvalue weighted by molar-refractivity contribution is 0.669. The lowest BCUT2D eigenvalue weighted by Gasteiger charge is -2.09. The number of halogens is 1. The Labute approximate surface area is 99.1 Å². The third kappa shape index (κ3) is 2.02. The fourth-order valence-corrected chi connectivity index (χ4v) is 1.69. The highest BCUT2D eigenvalue weighted by Crippen LogP contribution is 2.18. The Kier molecular flexibility index (Phi) is 2.83. The molecule has 0 fully saturated rings. The van der Waals surface area contributed by atoms with Crippen LogP contribution in [0.3, 0.4) is 0 Å². The average molecular weight is 237 g/mol. The zero-order valence-electron chi connectivity index (χ0n) is 9.24. The highest BCUT2D eigenvalue weighted by Gasteiger charge is 2.07. The van der Waals surface area contributed by atoms with Crippen molar-refractivity contribution in [3.8, 4) is 0 Å². The molecule has 0 aliphatic carbocycles. The summed E-state index contributed by atoms with van der Waals surface area (Å²) in [5, 5.41) is 4.73. The van der Waals surface area contributed by atoms with Gasteiger partial charge < -0.3 is 5.73 Å². The van der Waals surface area contributed by atoms with Crippen molar-refractivity contribution in [3.63, 3.8) is 0 Å². The van der Waals surface area contributed by atoms with Crippen LogP contribution in [0, 0.1) is 13.8 Å². The van der Waals surface area contributed by atoms with E-state index in [1.165, 1.54) is 0 Å². The van der Waals surface area contributed by atoms with Crippen molar-refractivity contribution >= 4 is 17.3 Å². The Hall–Kier alpha value is -1.55. The van der Waals surface area contributed by atoms with Crippen molar-refractivity contribution in [2.24, 2.45) is 0 Å². The first kappa shape index (κ1) is 11.0. The number of aryl methyl sites for hydroxylation is 1. The van der Waals surface area contributed by atoms with Crippen LogP contribution in [0.25, 0.3) is 0 Å². The molecule has 2 aromatic rings. The molecule has 0 atom stereocenters. The van der Waals surface area contributed by atoms with E-state index in [1.54, 1.807) is 23.3 Å². The van der Waals surface area contributed by atoms with Crippen molar-refractivity contribution in [2.75, 3.05) is 5.73 Å². The summed E-state index contributed by atoms with van der Waals surface area (Å²) in [6.45, 7) is 4.50. The molecular formula is C11H13ClN4. The number of anilines is 1. The highest BCUT2D eigenvalue weighted by atomic mass is 35.5. The largest absolute Gasteiger partial charge is 0.398 e. The Morgan fingerprint density at radius 2 is 2.12 bits per heavy atom. The van der Waals surface area contributed by atoms with E-state index in [4.69, 9.17) is 17.3 Å². The predicted molar refractivity (Wildman–Crippen MR) is 64.5 cm³/mol. The fourth-order valence-electron chi connectivity index (χ4n) is 1.53. The summed E-state index contributed by atoms with van der Waals surface area (Å²) in [6, 6.07) is 0. The van der Waals surface area contributed by atoms with E-state index in [0.29, 0.717) is 11.6 Å². The lowest BCUT2D eigenvalue weighted by Crippen LogP contribution is -2.07. The number of pyridine rings is 1. The Morgan fingerprint density at radius 3 is 2.75 bits per heavy atom. The third-order valence-corrected chi connectivity index (χ3v) is 2.78. The van der Waals surface area contributed by atoms with Crippen LogP contribution in [-0.4, -0.2) is 14.8 Å². The van der Waals surface area contributed by atoms with Gasteiger partial charge in [0.1, 0.15) is 0 Å². The van der Waals surface area contributed by atoms with Gasteiger partial charge in [0.15, 0.2) is 0 Å². The van der Waals surface area contributed by atoms with E-state index in [2.05, 4.69) is 10.1 Å². The maximum atomic E-state index is 5.95. The van der Waals surface area contributed by atoms with Gasteiger partial charge in [-0.1, -0.05) is 11.6 Å². The van der Waals surface area contributed by atoms with Crippen LogP contribution in [-0.2, 0) is 6.54 Å². The van der Waals surface area contributed by atoms with Crippen LogP contribution < -0.4 is 5.73 Å². The molecule has 0 amide bonds. The summed E-state index contributed by atoms with van der Waals surface area (Å²) < 4.78 is 1.74. The first-order valence-corrected chi connectivity index (χ1v) is 5.34. The minimum atomic E-state index is 0.586. The van der Waals surface area contributed by atoms with Gasteiger partial charge in [-0.25, -0.2) is 0 Å². The van der Waals surface area contributed by atoms with Crippen LogP contribution in [0.1, 0.15) is 16.8 Å². The molecule has 16 heavy (non-hydrogen) atoms. The number of rotatable bonds is 2. The van der Waals surface area contributed by atoms with Gasteiger partial charge in [0.05, 0.1) is 23.5 Å². The van der Waals surface area contributed by atoms with Crippen LogP contribution >= 0.6 is 11.6 Å². The summed E-state index contributed by atoms with van der Waals surface area (Å²) in [4.78, 5) is 4.36. The van der Waals surface area contributed by atoms with Gasteiger partial charge in [0.25, 0.3) is 0 Å².